The Kier molecular flexibility index (Phi) is 3.39. The third-order valence-electron chi connectivity index (χ3n) is 1.97. The molecule has 0 saturated heterocycles. The second-order valence-corrected chi connectivity index (χ2v) is 3.01. The average Bonchev–Trinajstić information content (AvgIpc) is 2.22. The molecule has 16 heavy (non-hydrogen) atoms. The van der Waals surface area contributed by atoms with Crippen molar-refractivity contribution in [3.05, 3.63) is 33.6 Å². The molecule has 6 nitrogen and oxygen atoms in total. The number of rotatable bonds is 3. The number of nitrogen functional groups attached to an aromatic ring is 1. The van der Waals surface area contributed by atoms with E-state index in [9.17, 15) is 19.3 Å². The summed E-state index contributed by atoms with van der Waals surface area (Å²) in [6.45, 7) is 0. The van der Waals surface area contributed by atoms with Gasteiger partial charge in [0.25, 0.3) is 5.69 Å². The number of non-ortho nitro benzene ring substituents is 1. The number of nitro groups is 1. The van der Waals surface area contributed by atoms with E-state index in [1.165, 1.54) is 0 Å². The van der Waals surface area contributed by atoms with Crippen molar-refractivity contribution < 1.29 is 18.8 Å². The second kappa shape index (κ2) is 4.56. The number of nitrogens with two attached hydrogens (primary N) is 1. The molecule has 0 atom stereocenters. The molecule has 0 radical (unpaired) electrons. The fraction of sp³-hybridized carbons (Fsp3) is 0.222. The van der Waals surface area contributed by atoms with Crippen LogP contribution in [-0.4, -0.2) is 18.0 Å². The minimum Gasteiger partial charge on any atom is -0.469 e. The zero-order valence-corrected chi connectivity index (χ0v) is 8.40. The number of benzene rings is 1. The lowest BCUT2D eigenvalue weighted by molar-refractivity contribution is -0.385. The van der Waals surface area contributed by atoms with Crippen LogP contribution >= 0.6 is 0 Å². The van der Waals surface area contributed by atoms with Crippen LogP contribution in [0.25, 0.3) is 0 Å². The van der Waals surface area contributed by atoms with Crippen molar-refractivity contribution in [2.45, 2.75) is 6.42 Å². The number of nitrogens with zero attached hydrogens (tertiary/aromatic N) is 1. The molecule has 86 valence electrons. The molecular formula is C9H9FN2O4. The first-order chi connectivity index (χ1) is 7.45. The lowest BCUT2D eigenvalue weighted by atomic mass is 10.1. The van der Waals surface area contributed by atoms with E-state index in [-0.39, 0.29) is 17.7 Å². The molecule has 0 fully saturated rings. The highest BCUT2D eigenvalue weighted by molar-refractivity contribution is 5.75. The van der Waals surface area contributed by atoms with Crippen molar-refractivity contribution in [1.29, 1.82) is 0 Å². The standard InChI is InChI=1S/C9H9FN2O4/c1-16-9(13)4-6-7(10)2-5(12(14)15)3-8(6)11/h2-3H,4,11H2,1H3. The van der Waals surface area contributed by atoms with Crippen LogP contribution in [-0.2, 0) is 16.0 Å². The number of carbonyl (C=O) groups excluding carboxylic acids is 1. The first-order valence-corrected chi connectivity index (χ1v) is 4.24. The van der Waals surface area contributed by atoms with E-state index >= 15 is 0 Å². The minimum atomic E-state index is -0.892. The summed E-state index contributed by atoms with van der Waals surface area (Å²) in [5, 5.41) is 10.4. The number of halogens is 1. The fourth-order valence-electron chi connectivity index (χ4n) is 1.15. The first-order valence-electron chi connectivity index (χ1n) is 4.24. The third kappa shape index (κ3) is 2.44. The molecule has 0 aliphatic heterocycles. The lowest BCUT2D eigenvalue weighted by Gasteiger charge is -2.05. The molecule has 1 rings (SSSR count). The summed E-state index contributed by atoms with van der Waals surface area (Å²) < 4.78 is 17.7. The number of carbonyl (C=O) groups is 1. The normalized spacial score (nSPS) is 9.88. The highest BCUT2D eigenvalue weighted by Gasteiger charge is 2.17. The average molecular weight is 228 g/mol. The van der Waals surface area contributed by atoms with Crippen LogP contribution in [0.5, 0.6) is 0 Å². The Hall–Kier alpha value is -2.18. The largest absolute Gasteiger partial charge is 0.469 e. The Morgan fingerprint density at radius 2 is 2.25 bits per heavy atom. The summed E-state index contributed by atoms with van der Waals surface area (Å²) in [6, 6.07) is 1.72. The van der Waals surface area contributed by atoms with Gasteiger partial charge in [-0.15, -0.1) is 0 Å². The zero-order valence-electron chi connectivity index (χ0n) is 8.40. The first kappa shape index (κ1) is 11.9. The smallest absolute Gasteiger partial charge is 0.310 e. The van der Waals surface area contributed by atoms with Crippen LogP contribution in [0.1, 0.15) is 5.56 Å². The van der Waals surface area contributed by atoms with Gasteiger partial charge in [-0.1, -0.05) is 0 Å². The molecule has 0 spiro atoms. The summed E-state index contributed by atoms with van der Waals surface area (Å²) in [6.07, 6.45) is -0.355. The van der Waals surface area contributed by atoms with Gasteiger partial charge in [-0.05, 0) is 0 Å². The summed E-state index contributed by atoms with van der Waals surface area (Å²) in [4.78, 5) is 20.6. The number of nitro benzene ring substituents is 1. The van der Waals surface area contributed by atoms with Crippen LogP contribution in [0.3, 0.4) is 0 Å². The van der Waals surface area contributed by atoms with Crippen molar-refractivity contribution in [1.82, 2.24) is 0 Å². The SMILES string of the molecule is COC(=O)Cc1c(N)cc([N+](=O)[O-])cc1F. The van der Waals surface area contributed by atoms with Gasteiger partial charge in [0.15, 0.2) is 0 Å². The maximum atomic E-state index is 13.4. The predicted octanol–water partition coefficient (Wildman–Crippen LogP) is 1.03. The number of hydrogen-bond acceptors (Lipinski definition) is 5. The summed E-state index contributed by atoms with van der Waals surface area (Å²) in [7, 11) is 1.15. The summed E-state index contributed by atoms with van der Waals surface area (Å²) >= 11 is 0. The van der Waals surface area contributed by atoms with Crippen LogP contribution in [0.4, 0.5) is 15.8 Å². The Balaban J connectivity index is 3.12. The molecule has 0 amide bonds. The molecule has 0 aliphatic rings. The van der Waals surface area contributed by atoms with E-state index in [2.05, 4.69) is 4.74 Å². The van der Waals surface area contributed by atoms with Crippen LogP contribution in [0.15, 0.2) is 12.1 Å². The number of ether oxygens (including phenoxy) is 1. The van der Waals surface area contributed by atoms with E-state index in [0.29, 0.717) is 6.07 Å². The van der Waals surface area contributed by atoms with Crippen molar-refractivity contribution in [2.75, 3.05) is 12.8 Å². The van der Waals surface area contributed by atoms with E-state index in [0.717, 1.165) is 13.2 Å². The van der Waals surface area contributed by atoms with Crippen LogP contribution < -0.4 is 5.73 Å². The topological polar surface area (TPSA) is 95.5 Å². The van der Waals surface area contributed by atoms with Gasteiger partial charge in [0.05, 0.1) is 24.5 Å². The van der Waals surface area contributed by atoms with Crippen molar-refractivity contribution >= 4 is 17.3 Å². The molecule has 0 aromatic heterocycles. The van der Waals surface area contributed by atoms with Crippen molar-refractivity contribution in [3.63, 3.8) is 0 Å². The number of hydrogen-bond donors (Lipinski definition) is 1. The monoisotopic (exact) mass is 228 g/mol. The molecule has 2 N–H and O–H groups in total. The summed E-state index contributed by atoms with van der Waals surface area (Å²) in [5.74, 6) is -1.56. The van der Waals surface area contributed by atoms with Gasteiger partial charge in [-0.25, -0.2) is 4.39 Å². The zero-order chi connectivity index (χ0) is 12.3. The quantitative estimate of drug-likeness (QED) is 0.361. The molecule has 0 aliphatic carbocycles. The Bertz CT molecular complexity index is 424. The Morgan fingerprint density at radius 3 is 2.69 bits per heavy atom. The molecule has 7 heteroatoms. The highest BCUT2D eigenvalue weighted by Crippen LogP contribution is 2.24. The van der Waals surface area contributed by atoms with Gasteiger partial charge in [0.2, 0.25) is 0 Å². The maximum Gasteiger partial charge on any atom is 0.310 e. The molecule has 0 saturated carbocycles. The van der Waals surface area contributed by atoms with Gasteiger partial charge in [0.1, 0.15) is 5.82 Å². The third-order valence-corrected chi connectivity index (χ3v) is 1.97. The summed E-state index contributed by atoms with van der Waals surface area (Å²) in [5.41, 5.74) is 4.71. The van der Waals surface area contributed by atoms with Gasteiger partial charge in [-0.3, -0.25) is 14.9 Å². The van der Waals surface area contributed by atoms with E-state index in [1.54, 1.807) is 0 Å². The number of esters is 1. The van der Waals surface area contributed by atoms with Gasteiger partial charge in [0, 0.05) is 17.3 Å². The Labute approximate surface area is 90.0 Å². The van der Waals surface area contributed by atoms with Gasteiger partial charge >= 0.3 is 5.97 Å². The number of anilines is 1. The van der Waals surface area contributed by atoms with E-state index in [4.69, 9.17) is 5.73 Å². The molecule has 0 heterocycles. The molecular weight excluding hydrogens is 219 g/mol. The van der Waals surface area contributed by atoms with E-state index < -0.39 is 22.4 Å². The van der Waals surface area contributed by atoms with E-state index in [1.807, 2.05) is 0 Å². The molecule has 0 bridgehead atoms. The lowest BCUT2D eigenvalue weighted by Crippen LogP contribution is -2.09. The van der Waals surface area contributed by atoms with Gasteiger partial charge < -0.3 is 10.5 Å². The number of methoxy groups -OCH3 is 1. The van der Waals surface area contributed by atoms with Crippen LogP contribution in [0.2, 0.25) is 0 Å². The molecule has 1 aromatic carbocycles. The fourth-order valence-corrected chi connectivity index (χ4v) is 1.15. The van der Waals surface area contributed by atoms with Gasteiger partial charge in [-0.2, -0.15) is 0 Å². The molecule has 0 unspecified atom stereocenters. The van der Waals surface area contributed by atoms with Crippen molar-refractivity contribution in [2.24, 2.45) is 0 Å². The highest BCUT2D eigenvalue weighted by atomic mass is 19.1. The van der Waals surface area contributed by atoms with Crippen molar-refractivity contribution in [3.8, 4) is 0 Å². The maximum absolute atomic E-state index is 13.4. The minimum absolute atomic E-state index is 0.0996. The predicted molar refractivity (Wildman–Crippen MR) is 53.2 cm³/mol. The second-order valence-electron chi connectivity index (χ2n) is 3.01. The van der Waals surface area contributed by atoms with Crippen LogP contribution in [0, 0.1) is 15.9 Å². The Morgan fingerprint density at radius 1 is 1.62 bits per heavy atom. The molecule has 1 aromatic rings.